The van der Waals surface area contributed by atoms with Crippen molar-refractivity contribution in [2.24, 2.45) is 0 Å². The Morgan fingerprint density at radius 3 is 2.79 bits per heavy atom. The lowest BCUT2D eigenvalue weighted by molar-refractivity contribution is 0.0688. The summed E-state index contributed by atoms with van der Waals surface area (Å²) in [6.07, 6.45) is 3.46. The van der Waals surface area contributed by atoms with Crippen LogP contribution in [0.25, 0.3) is 0 Å². The molecule has 2 aromatic rings. The van der Waals surface area contributed by atoms with Gasteiger partial charge in [0.15, 0.2) is 5.69 Å². The van der Waals surface area contributed by atoms with Gasteiger partial charge in [0, 0.05) is 30.4 Å². The summed E-state index contributed by atoms with van der Waals surface area (Å²) in [7, 11) is 0. The number of phenolic OH excluding ortho intramolecular Hbond substituents is 1. The molecule has 0 aliphatic heterocycles. The van der Waals surface area contributed by atoms with Gasteiger partial charge in [-0.1, -0.05) is 19.1 Å². The van der Waals surface area contributed by atoms with Crippen molar-refractivity contribution in [3.05, 3.63) is 46.8 Å². The fraction of sp³-hybridized carbons (Fsp3) is 0.444. The van der Waals surface area contributed by atoms with E-state index < -0.39 is 5.97 Å². The van der Waals surface area contributed by atoms with Crippen molar-refractivity contribution in [2.75, 3.05) is 0 Å². The van der Waals surface area contributed by atoms with Crippen molar-refractivity contribution >= 4 is 5.97 Å². The first-order valence-electron chi connectivity index (χ1n) is 8.41. The molecular weight excluding hydrogens is 306 g/mol. The van der Waals surface area contributed by atoms with Crippen molar-refractivity contribution < 1.29 is 15.0 Å². The Kier molecular flexibility index (Phi) is 4.85. The summed E-state index contributed by atoms with van der Waals surface area (Å²) in [5.41, 5.74) is 3.26. The minimum absolute atomic E-state index is 0.203. The molecule has 3 rings (SSSR count). The third-order valence-corrected chi connectivity index (χ3v) is 4.52. The number of carboxylic acid groups (broad SMARTS) is 1. The lowest BCUT2D eigenvalue weighted by Gasteiger charge is -2.24. The molecule has 1 unspecified atom stereocenters. The zero-order valence-electron chi connectivity index (χ0n) is 13.8. The number of nitrogens with one attached hydrogen (secondary N) is 1. The highest BCUT2D eigenvalue weighted by Crippen LogP contribution is 2.25. The van der Waals surface area contributed by atoms with Crippen LogP contribution in [-0.2, 0) is 25.9 Å². The minimum atomic E-state index is -0.944. The van der Waals surface area contributed by atoms with Gasteiger partial charge in [-0.05, 0) is 43.4 Å². The third kappa shape index (κ3) is 3.43. The molecule has 1 atom stereocenters. The molecule has 1 aromatic carbocycles. The molecule has 0 fully saturated rings. The van der Waals surface area contributed by atoms with Gasteiger partial charge in [0.05, 0.1) is 0 Å². The topological polar surface area (TPSA) is 87.4 Å². The van der Waals surface area contributed by atoms with Crippen LogP contribution in [0.2, 0.25) is 0 Å². The Morgan fingerprint density at radius 1 is 1.38 bits per heavy atom. The predicted octanol–water partition coefficient (Wildman–Crippen LogP) is 2.34. The fourth-order valence-electron chi connectivity index (χ4n) is 3.31. The maximum absolute atomic E-state index is 11.5. The molecule has 24 heavy (non-hydrogen) atoms. The molecule has 0 bridgehead atoms. The number of rotatable bonds is 6. The average Bonchev–Trinajstić information content (AvgIpc) is 2.93. The Morgan fingerprint density at radius 2 is 2.12 bits per heavy atom. The van der Waals surface area contributed by atoms with Crippen LogP contribution in [0.1, 0.15) is 47.1 Å². The largest absolute Gasteiger partial charge is 0.508 e. The molecule has 128 valence electrons. The van der Waals surface area contributed by atoms with Crippen LogP contribution in [0.15, 0.2) is 24.3 Å². The van der Waals surface area contributed by atoms with E-state index in [0.717, 1.165) is 42.6 Å². The van der Waals surface area contributed by atoms with Gasteiger partial charge in [-0.15, -0.1) is 0 Å². The number of aromatic carboxylic acids is 1. The lowest BCUT2D eigenvalue weighted by atomic mass is 9.91. The molecule has 1 aliphatic rings. The van der Waals surface area contributed by atoms with E-state index in [-0.39, 0.29) is 17.5 Å². The molecule has 1 heterocycles. The van der Waals surface area contributed by atoms with Crippen molar-refractivity contribution in [3.63, 3.8) is 0 Å². The van der Waals surface area contributed by atoms with Crippen LogP contribution in [-0.4, -0.2) is 32.0 Å². The number of carbonyl (C=O) groups is 1. The second-order valence-corrected chi connectivity index (χ2v) is 6.29. The molecule has 0 saturated carbocycles. The van der Waals surface area contributed by atoms with E-state index in [2.05, 4.69) is 17.3 Å². The van der Waals surface area contributed by atoms with Gasteiger partial charge in [-0.25, -0.2) is 4.79 Å². The van der Waals surface area contributed by atoms with Crippen LogP contribution in [0.3, 0.4) is 0 Å². The van der Waals surface area contributed by atoms with E-state index in [1.165, 1.54) is 0 Å². The monoisotopic (exact) mass is 329 g/mol. The molecule has 3 N–H and O–H groups in total. The highest BCUT2D eigenvalue weighted by atomic mass is 16.4. The molecule has 6 nitrogen and oxygen atoms in total. The van der Waals surface area contributed by atoms with Crippen molar-refractivity contribution in [1.82, 2.24) is 15.1 Å². The number of nitrogens with zero attached hydrogens (tertiary/aromatic N) is 2. The van der Waals surface area contributed by atoms with Crippen LogP contribution >= 0.6 is 0 Å². The fourth-order valence-corrected chi connectivity index (χ4v) is 3.31. The zero-order chi connectivity index (χ0) is 17.1. The maximum atomic E-state index is 11.5. The summed E-state index contributed by atoms with van der Waals surface area (Å²) in [6.45, 7) is 3.53. The van der Waals surface area contributed by atoms with Crippen molar-refractivity contribution in [2.45, 2.75) is 51.7 Å². The molecule has 0 saturated heterocycles. The number of carboxylic acids is 1. The maximum Gasteiger partial charge on any atom is 0.356 e. The molecule has 0 amide bonds. The minimum Gasteiger partial charge on any atom is -0.508 e. The number of aromatic hydroxyl groups is 1. The van der Waals surface area contributed by atoms with Crippen LogP contribution in [0, 0.1) is 0 Å². The number of aromatic nitrogens is 2. The summed E-state index contributed by atoms with van der Waals surface area (Å²) >= 11 is 0. The van der Waals surface area contributed by atoms with Gasteiger partial charge in [0.2, 0.25) is 0 Å². The van der Waals surface area contributed by atoms with E-state index >= 15 is 0 Å². The van der Waals surface area contributed by atoms with Gasteiger partial charge in [0.25, 0.3) is 0 Å². The van der Waals surface area contributed by atoms with E-state index in [0.29, 0.717) is 13.0 Å². The second-order valence-electron chi connectivity index (χ2n) is 6.29. The predicted molar refractivity (Wildman–Crippen MR) is 90.2 cm³/mol. The van der Waals surface area contributed by atoms with Crippen LogP contribution in [0.5, 0.6) is 5.75 Å². The first-order chi connectivity index (χ1) is 11.6. The first kappa shape index (κ1) is 16.5. The van der Waals surface area contributed by atoms with Gasteiger partial charge >= 0.3 is 5.97 Å². The number of benzene rings is 1. The average molecular weight is 329 g/mol. The number of fused-ring (bicyclic) bond motifs is 1. The molecule has 0 radical (unpaired) electrons. The summed E-state index contributed by atoms with van der Waals surface area (Å²) in [5.74, 6) is -0.684. The smallest absolute Gasteiger partial charge is 0.356 e. The first-order valence-corrected chi connectivity index (χ1v) is 8.41. The quantitative estimate of drug-likeness (QED) is 0.757. The van der Waals surface area contributed by atoms with Gasteiger partial charge in [-0.2, -0.15) is 5.10 Å². The Labute approximate surface area is 141 Å². The normalized spacial score (nSPS) is 16.8. The number of phenols is 1. The van der Waals surface area contributed by atoms with E-state index in [1.807, 2.05) is 16.8 Å². The van der Waals surface area contributed by atoms with Crippen LogP contribution < -0.4 is 5.32 Å². The SMILES string of the molecule is CCCn1nc(C(=O)O)c2c1CCC(NCc1ccc(O)cc1)C2. The lowest BCUT2D eigenvalue weighted by Crippen LogP contribution is -2.34. The number of aryl methyl sites for hydroxylation is 1. The van der Waals surface area contributed by atoms with E-state index in [4.69, 9.17) is 0 Å². The van der Waals surface area contributed by atoms with Gasteiger partial charge in [0.1, 0.15) is 5.75 Å². The Balaban J connectivity index is 1.71. The van der Waals surface area contributed by atoms with Crippen molar-refractivity contribution in [1.29, 1.82) is 0 Å². The highest BCUT2D eigenvalue weighted by Gasteiger charge is 2.28. The molecule has 0 spiro atoms. The summed E-state index contributed by atoms with van der Waals surface area (Å²) in [6, 6.07) is 7.36. The van der Waals surface area contributed by atoms with E-state index in [1.54, 1.807) is 12.1 Å². The van der Waals surface area contributed by atoms with Crippen LogP contribution in [0.4, 0.5) is 0 Å². The molecular formula is C18H23N3O3. The Bertz CT molecular complexity index is 722. The summed E-state index contributed by atoms with van der Waals surface area (Å²) < 4.78 is 1.87. The summed E-state index contributed by atoms with van der Waals surface area (Å²) in [4.78, 5) is 11.5. The zero-order valence-corrected chi connectivity index (χ0v) is 13.8. The summed E-state index contributed by atoms with van der Waals surface area (Å²) in [5, 5.41) is 26.5. The molecule has 1 aliphatic carbocycles. The molecule has 6 heteroatoms. The standard InChI is InChI=1S/C18H23N3O3/c1-2-9-21-16-8-5-13(10-15(16)17(20-21)18(23)24)19-11-12-3-6-14(22)7-4-12/h3-4,6-7,13,19,22H,2,5,8-11H2,1H3,(H,23,24). The Hall–Kier alpha value is -2.34. The highest BCUT2D eigenvalue weighted by molar-refractivity contribution is 5.87. The van der Waals surface area contributed by atoms with E-state index in [9.17, 15) is 15.0 Å². The second kappa shape index (κ2) is 7.05. The number of hydrogen-bond acceptors (Lipinski definition) is 4. The van der Waals surface area contributed by atoms with Gasteiger partial charge < -0.3 is 15.5 Å². The molecule has 1 aromatic heterocycles. The van der Waals surface area contributed by atoms with Gasteiger partial charge in [-0.3, -0.25) is 4.68 Å². The third-order valence-electron chi connectivity index (χ3n) is 4.52. The van der Waals surface area contributed by atoms with Crippen molar-refractivity contribution in [3.8, 4) is 5.75 Å². The number of hydrogen-bond donors (Lipinski definition) is 3.